The Morgan fingerprint density at radius 1 is 0.818 bits per heavy atom. The minimum atomic E-state index is -0.0563. The summed E-state index contributed by atoms with van der Waals surface area (Å²) in [6.07, 6.45) is 20.1. The van der Waals surface area contributed by atoms with Crippen LogP contribution in [0.5, 0.6) is 0 Å². The fourth-order valence-corrected chi connectivity index (χ4v) is 7.88. The van der Waals surface area contributed by atoms with Gasteiger partial charge in [0.25, 0.3) is 0 Å². The molecule has 1 atom stereocenters. The van der Waals surface area contributed by atoms with Crippen molar-refractivity contribution in [3.63, 3.8) is 0 Å². The average molecular weight is 451 g/mol. The monoisotopic (exact) mass is 450 g/mol. The summed E-state index contributed by atoms with van der Waals surface area (Å²) >= 11 is 0. The number of carbonyl (C=O) groups excluding carboxylic acids is 1. The van der Waals surface area contributed by atoms with Crippen LogP contribution in [0, 0.1) is 29.6 Å². The number of esters is 1. The van der Waals surface area contributed by atoms with Crippen molar-refractivity contribution >= 4 is 5.97 Å². The van der Waals surface area contributed by atoms with E-state index in [1.54, 1.807) is 0 Å². The first-order valence-corrected chi connectivity index (χ1v) is 14.4. The van der Waals surface area contributed by atoms with Crippen LogP contribution < -0.4 is 0 Å². The van der Waals surface area contributed by atoms with Gasteiger partial charge in [0.2, 0.25) is 0 Å². The first kappa shape index (κ1) is 23.4. The molecule has 33 heavy (non-hydrogen) atoms. The van der Waals surface area contributed by atoms with E-state index in [1.807, 2.05) is 0 Å². The maximum Gasteiger partial charge on any atom is 0.338 e. The molecule has 0 N–H and O–H groups in total. The van der Waals surface area contributed by atoms with E-state index in [4.69, 9.17) is 4.74 Å². The molecule has 1 unspecified atom stereocenters. The Bertz CT molecular complexity index is 789. The molecule has 2 heteroatoms. The van der Waals surface area contributed by atoms with Crippen molar-refractivity contribution in [3.8, 4) is 0 Å². The summed E-state index contributed by atoms with van der Waals surface area (Å²) in [4.78, 5) is 12.9. The number of carbonyl (C=O) groups is 1. The normalized spacial score (nSPS) is 37.3. The molecule has 4 aliphatic rings. The van der Waals surface area contributed by atoms with Crippen LogP contribution in [0.15, 0.2) is 18.2 Å². The van der Waals surface area contributed by atoms with E-state index in [-0.39, 0.29) is 12.1 Å². The van der Waals surface area contributed by atoms with E-state index in [0.717, 1.165) is 35.7 Å². The molecule has 0 bridgehead atoms. The zero-order chi connectivity index (χ0) is 22.8. The Morgan fingerprint density at radius 3 is 2.12 bits per heavy atom. The zero-order valence-electron chi connectivity index (χ0n) is 21.2. The van der Waals surface area contributed by atoms with Gasteiger partial charge in [0, 0.05) is 6.42 Å². The quantitative estimate of drug-likeness (QED) is 0.420. The molecule has 182 valence electrons. The summed E-state index contributed by atoms with van der Waals surface area (Å²) in [6.45, 7) is 4.69. The number of rotatable bonds is 5. The summed E-state index contributed by atoms with van der Waals surface area (Å²) in [5.74, 6) is 4.92. The average Bonchev–Trinajstić information content (AvgIpc) is 2.85. The molecule has 0 saturated heterocycles. The molecule has 0 amide bonds. The van der Waals surface area contributed by atoms with Gasteiger partial charge in [-0.1, -0.05) is 64.5 Å². The molecular weight excluding hydrogens is 404 g/mol. The minimum absolute atomic E-state index is 0.0563. The van der Waals surface area contributed by atoms with Gasteiger partial charge < -0.3 is 4.74 Å². The van der Waals surface area contributed by atoms with E-state index in [0.29, 0.717) is 11.8 Å². The van der Waals surface area contributed by atoms with Gasteiger partial charge >= 0.3 is 5.97 Å². The Labute approximate surface area is 202 Å². The molecule has 1 aromatic rings. The van der Waals surface area contributed by atoms with Gasteiger partial charge in [0.1, 0.15) is 6.10 Å². The molecule has 3 aliphatic carbocycles. The second-order valence-corrected chi connectivity index (χ2v) is 12.3. The summed E-state index contributed by atoms with van der Waals surface area (Å²) < 4.78 is 6.01. The number of hydrogen-bond acceptors (Lipinski definition) is 2. The van der Waals surface area contributed by atoms with Crippen molar-refractivity contribution in [2.24, 2.45) is 29.6 Å². The molecule has 1 heterocycles. The van der Waals surface area contributed by atoms with Crippen LogP contribution >= 0.6 is 0 Å². The molecule has 1 aliphatic heterocycles. The highest BCUT2D eigenvalue weighted by Crippen LogP contribution is 2.45. The lowest BCUT2D eigenvalue weighted by atomic mass is 9.68. The van der Waals surface area contributed by atoms with Gasteiger partial charge in [0.05, 0.1) is 5.56 Å². The van der Waals surface area contributed by atoms with Crippen molar-refractivity contribution in [2.45, 2.75) is 122 Å². The topological polar surface area (TPSA) is 26.3 Å². The highest BCUT2D eigenvalue weighted by atomic mass is 16.5. The highest BCUT2D eigenvalue weighted by molar-refractivity contribution is 5.92. The lowest BCUT2D eigenvalue weighted by Crippen LogP contribution is -2.35. The van der Waals surface area contributed by atoms with Crippen LogP contribution in [-0.4, -0.2) is 12.1 Å². The fourth-order valence-electron chi connectivity index (χ4n) is 7.88. The number of ether oxygens (including phenoxy) is 1. The lowest BCUT2D eigenvalue weighted by Gasteiger charge is -2.38. The maximum atomic E-state index is 12.9. The smallest absolute Gasteiger partial charge is 0.338 e. The van der Waals surface area contributed by atoms with E-state index in [1.165, 1.54) is 101 Å². The Morgan fingerprint density at radius 2 is 1.45 bits per heavy atom. The third-order valence-corrected chi connectivity index (χ3v) is 10.1. The lowest BCUT2D eigenvalue weighted by molar-refractivity contribution is 0.000463. The van der Waals surface area contributed by atoms with E-state index in [9.17, 15) is 4.79 Å². The van der Waals surface area contributed by atoms with Crippen molar-refractivity contribution in [3.05, 3.63) is 34.9 Å². The van der Waals surface area contributed by atoms with E-state index < -0.39 is 0 Å². The van der Waals surface area contributed by atoms with Crippen LogP contribution in [-0.2, 0) is 11.2 Å². The van der Waals surface area contributed by atoms with Crippen LogP contribution in [0.25, 0.3) is 0 Å². The van der Waals surface area contributed by atoms with Crippen LogP contribution in [0.4, 0.5) is 0 Å². The third-order valence-electron chi connectivity index (χ3n) is 10.1. The highest BCUT2D eigenvalue weighted by Gasteiger charge is 2.35. The summed E-state index contributed by atoms with van der Waals surface area (Å²) in [6, 6.07) is 6.82. The van der Waals surface area contributed by atoms with Crippen LogP contribution in [0.3, 0.4) is 0 Å². The summed E-state index contributed by atoms with van der Waals surface area (Å²) in [5, 5.41) is 0. The van der Waals surface area contributed by atoms with Crippen molar-refractivity contribution < 1.29 is 9.53 Å². The van der Waals surface area contributed by atoms with Gasteiger partial charge in [-0.2, -0.15) is 0 Å². The molecule has 0 spiro atoms. The van der Waals surface area contributed by atoms with Gasteiger partial charge in [-0.3, -0.25) is 0 Å². The molecule has 1 aromatic carbocycles. The van der Waals surface area contributed by atoms with Crippen molar-refractivity contribution in [1.82, 2.24) is 0 Å². The Kier molecular flexibility index (Phi) is 7.48. The molecular formula is C31H46O2. The number of fused-ring (bicyclic) bond motifs is 1. The predicted molar refractivity (Wildman–Crippen MR) is 136 cm³/mol. The van der Waals surface area contributed by atoms with E-state index >= 15 is 0 Å². The van der Waals surface area contributed by atoms with E-state index in [2.05, 4.69) is 32.0 Å². The van der Waals surface area contributed by atoms with Gasteiger partial charge in [-0.25, -0.2) is 4.79 Å². The van der Waals surface area contributed by atoms with Gasteiger partial charge in [-0.05, 0) is 104 Å². The molecule has 3 fully saturated rings. The zero-order valence-corrected chi connectivity index (χ0v) is 21.2. The maximum absolute atomic E-state index is 12.9. The minimum Gasteiger partial charge on any atom is -0.458 e. The Hall–Kier alpha value is -1.31. The van der Waals surface area contributed by atoms with Crippen molar-refractivity contribution in [1.29, 1.82) is 0 Å². The third kappa shape index (κ3) is 5.35. The SMILES string of the molecule is CCCC1CCC(C2CCC(c3ccc4c(c3)C(=O)OC(C3CCC(C)CC3)C4)CC2)CC1. The Balaban J connectivity index is 1.16. The first-order valence-electron chi connectivity index (χ1n) is 14.4. The number of benzene rings is 1. The fraction of sp³-hybridized carbons (Fsp3) is 0.774. The molecule has 0 aromatic heterocycles. The standard InChI is InChI=1S/C31H46O2/c1-3-4-22-7-11-23(12-8-22)24-13-15-25(16-14-24)27-17-18-28-20-30(33-31(32)29(28)19-27)26-9-5-21(2)6-10-26/h17-19,21-26,30H,3-16,20H2,1-2H3. The second-order valence-electron chi connectivity index (χ2n) is 12.3. The second kappa shape index (κ2) is 10.5. The molecule has 3 saturated carbocycles. The summed E-state index contributed by atoms with van der Waals surface area (Å²) in [7, 11) is 0. The van der Waals surface area contributed by atoms with Crippen LogP contribution in [0.2, 0.25) is 0 Å². The van der Waals surface area contributed by atoms with Gasteiger partial charge in [-0.15, -0.1) is 0 Å². The van der Waals surface area contributed by atoms with Crippen molar-refractivity contribution in [2.75, 3.05) is 0 Å². The summed E-state index contributed by atoms with van der Waals surface area (Å²) in [5.41, 5.74) is 3.49. The van der Waals surface area contributed by atoms with Crippen LogP contribution in [0.1, 0.15) is 131 Å². The largest absolute Gasteiger partial charge is 0.458 e. The number of hydrogen-bond donors (Lipinski definition) is 0. The molecule has 0 radical (unpaired) electrons. The first-order chi connectivity index (χ1) is 16.1. The predicted octanol–water partition coefficient (Wildman–Crippen LogP) is 8.47. The van der Waals surface area contributed by atoms with Gasteiger partial charge in [0.15, 0.2) is 0 Å². The molecule has 5 rings (SSSR count). The molecule has 2 nitrogen and oxygen atoms in total. The number of cyclic esters (lactones) is 1.